The summed E-state index contributed by atoms with van der Waals surface area (Å²) >= 11 is 0. The van der Waals surface area contributed by atoms with Crippen LogP contribution in [0.4, 0.5) is 0 Å². The van der Waals surface area contributed by atoms with Gasteiger partial charge in [-0.25, -0.2) is 0 Å². The molecule has 2 aliphatic rings. The van der Waals surface area contributed by atoms with Crippen LogP contribution in [0.2, 0.25) is 0 Å². The second-order valence-electron chi connectivity index (χ2n) is 7.46. The standard InChI is InChI=1S/C20H26N2O3/c1-13(2)18(14-8-4-3-5-9-14)21-17(23)12-22-19(24)15-10-6-7-11-16(15)20(22)25/h3-5,8-9,13,15-16,18H,6-7,10-12H2,1-2H3,(H,21,23)/t15-,16-,18-/m0/s1. The first-order valence-corrected chi connectivity index (χ1v) is 9.18. The normalized spacial score (nSPS) is 24.4. The molecule has 1 saturated heterocycles. The highest BCUT2D eigenvalue weighted by molar-refractivity contribution is 6.07. The average Bonchev–Trinajstić information content (AvgIpc) is 2.85. The maximum atomic E-state index is 12.5. The summed E-state index contributed by atoms with van der Waals surface area (Å²) in [5.74, 6) is -0.800. The molecule has 0 bridgehead atoms. The van der Waals surface area contributed by atoms with E-state index in [0.717, 1.165) is 31.2 Å². The molecule has 134 valence electrons. The van der Waals surface area contributed by atoms with E-state index >= 15 is 0 Å². The second kappa shape index (κ2) is 7.38. The Hall–Kier alpha value is -2.17. The molecule has 0 unspecified atom stereocenters. The van der Waals surface area contributed by atoms with Gasteiger partial charge in [0.2, 0.25) is 17.7 Å². The quantitative estimate of drug-likeness (QED) is 0.837. The number of hydrogen-bond acceptors (Lipinski definition) is 3. The summed E-state index contributed by atoms with van der Waals surface area (Å²) in [5.41, 5.74) is 1.03. The molecule has 1 aromatic rings. The first-order valence-electron chi connectivity index (χ1n) is 9.18. The van der Waals surface area contributed by atoms with Crippen LogP contribution < -0.4 is 5.32 Å². The highest BCUT2D eigenvalue weighted by atomic mass is 16.2. The fourth-order valence-electron chi connectivity index (χ4n) is 4.04. The number of nitrogens with zero attached hydrogens (tertiary/aromatic N) is 1. The Balaban J connectivity index is 1.67. The fraction of sp³-hybridized carbons (Fsp3) is 0.550. The molecule has 3 amide bonds. The Morgan fingerprint density at radius 2 is 1.64 bits per heavy atom. The largest absolute Gasteiger partial charge is 0.347 e. The first kappa shape index (κ1) is 17.6. The van der Waals surface area contributed by atoms with Gasteiger partial charge in [-0.2, -0.15) is 0 Å². The number of amides is 3. The zero-order valence-electron chi connectivity index (χ0n) is 14.9. The Bertz CT molecular complexity index is 632. The van der Waals surface area contributed by atoms with Crippen molar-refractivity contribution >= 4 is 17.7 Å². The van der Waals surface area contributed by atoms with E-state index in [2.05, 4.69) is 5.32 Å². The lowest BCUT2D eigenvalue weighted by Crippen LogP contribution is -2.43. The van der Waals surface area contributed by atoms with Crippen LogP contribution in [-0.4, -0.2) is 29.2 Å². The van der Waals surface area contributed by atoms with Crippen LogP contribution in [0.25, 0.3) is 0 Å². The molecule has 2 fully saturated rings. The van der Waals surface area contributed by atoms with Crippen molar-refractivity contribution in [2.75, 3.05) is 6.54 Å². The third kappa shape index (κ3) is 3.60. The highest BCUT2D eigenvalue weighted by Crippen LogP contribution is 2.37. The van der Waals surface area contributed by atoms with Gasteiger partial charge in [0.1, 0.15) is 6.54 Å². The molecular formula is C20H26N2O3. The van der Waals surface area contributed by atoms with Crippen LogP contribution >= 0.6 is 0 Å². The number of rotatable bonds is 5. The van der Waals surface area contributed by atoms with Crippen molar-refractivity contribution in [1.29, 1.82) is 0 Å². The number of carbonyl (C=O) groups excluding carboxylic acids is 3. The molecule has 3 atom stereocenters. The maximum Gasteiger partial charge on any atom is 0.240 e. The van der Waals surface area contributed by atoms with E-state index < -0.39 is 0 Å². The van der Waals surface area contributed by atoms with Crippen LogP contribution in [0, 0.1) is 17.8 Å². The Morgan fingerprint density at radius 3 is 2.16 bits per heavy atom. The topological polar surface area (TPSA) is 66.5 Å². The van der Waals surface area contributed by atoms with Crippen LogP contribution in [0.1, 0.15) is 51.1 Å². The third-order valence-electron chi connectivity index (χ3n) is 5.38. The summed E-state index contributed by atoms with van der Waals surface area (Å²) in [6, 6.07) is 9.64. The fourth-order valence-corrected chi connectivity index (χ4v) is 4.04. The zero-order valence-corrected chi connectivity index (χ0v) is 14.9. The number of carbonyl (C=O) groups is 3. The molecule has 3 rings (SSSR count). The molecule has 1 aliphatic heterocycles. The molecule has 0 spiro atoms. The number of likely N-dealkylation sites (tertiary alicyclic amines) is 1. The van der Waals surface area contributed by atoms with Crippen molar-refractivity contribution in [2.24, 2.45) is 17.8 Å². The Labute approximate surface area is 148 Å². The molecule has 1 aliphatic carbocycles. The molecule has 1 heterocycles. The number of benzene rings is 1. The van der Waals surface area contributed by atoms with Gasteiger partial charge in [-0.3, -0.25) is 19.3 Å². The average molecular weight is 342 g/mol. The van der Waals surface area contributed by atoms with E-state index in [4.69, 9.17) is 0 Å². The number of fused-ring (bicyclic) bond motifs is 1. The summed E-state index contributed by atoms with van der Waals surface area (Å²) < 4.78 is 0. The van der Waals surface area contributed by atoms with Crippen LogP contribution in [0.15, 0.2) is 30.3 Å². The van der Waals surface area contributed by atoms with Gasteiger partial charge in [-0.05, 0) is 24.3 Å². The lowest BCUT2D eigenvalue weighted by atomic mass is 9.81. The Kier molecular flexibility index (Phi) is 5.21. The van der Waals surface area contributed by atoms with Crippen LogP contribution in [0.5, 0.6) is 0 Å². The summed E-state index contributed by atoms with van der Waals surface area (Å²) in [6.07, 6.45) is 3.52. The van der Waals surface area contributed by atoms with Crippen molar-refractivity contribution in [3.05, 3.63) is 35.9 Å². The van der Waals surface area contributed by atoms with E-state index in [9.17, 15) is 14.4 Å². The molecule has 0 radical (unpaired) electrons. The molecule has 5 heteroatoms. The Morgan fingerprint density at radius 1 is 1.08 bits per heavy atom. The van der Waals surface area contributed by atoms with E-state index in [1.807, 2.05) is 44.2 Å². The zero-order chi connectivity index (χ0) is 18.0. The molecule has 25 heavy (non-hydrogen) atoms. The minimum absolute atomic E-state index is 0.135. The van der Waals surface area contributed by atoms with Crippen molar-refractivity contribution in [3.8, 4) is 0 Å². The highest BCUT2D eigenvalue weighted by Gasteiger charge is 2.48. The van der Waals surface area contributed by atoms with Crippen molar-refractivity contribution in [1.82, 2.24) is 10.2 Å². The van der Waals surface area contributed by atoms with Gasteiger partial charge in [0.25, 0.3) is 0 Å². The molecule has 5 nitrogen and oxygen atoms in total. The predicted molar refractivity (Wildman–Crippen MR) is 94.3 cm³/mol. The molecular weight excluding hydrogens is 316 g/mol. The minimum atomic E-state index is -0.275. The first-order chi connectivity index (χ1) is 12.0. The lowest BCUT2D eigenvalue weighted by Gasteiger charge is -2.24. The maximum absolute atomic E-state index is 12.5. The van der Waals surface area contributed by atoms with Gasteiger partial charge in [0.15, 0.2) is 0 Å². The van der Waals surface area contributed by atoms with Gasteiger partial charge in [0.05, 0.1) is 17.9 Å². The van der Waals surface area contributed by atoms with E-state index in [1.54, 1.807) is 0 Å². The number of imide groups is 1. The number of hydrogen-bond donors (Lipinski definition) is 1. The third-order valence-corrected chi connectivity index (χ3v) is 5.38. The van der Waals surface area contributed by atoms with Crippen LogP contribution in [0.3, 0.4) is 0 Å². The van der Waals surface area contributed by atoms with E-state index in [1.165, 1.54) is 4.90 Å². The van der Waals surface area contributed by atoms with Crippen LogP contribution in [-0.2, 0) is 14.4 Å². The minimum Gasteiger partial charge on any atom is -0.347 e. The van der Waals surface area contributed by atoms with Gasteiger partial charge < -0.3 is 5.32 Å². The molecule has 1 saturated carbocycles. The van der Waals surface area contributed by atoms with Gasteiger partial charge in [-0.1, -0.05) is 57.0 Å². The smallest absolute Gasteiger partial charge is 0.240 e. The monoisotopic (exact) mass is 342 g/mol. The summed E-state index contributed by atoms with van der Waals surface area (Å²) in [6.45, 7) is 3.91. The van der Waals surface area contributed by atoms with Crippen molar-refractivity contribution < 1.29 is 14.4 Å². The van der Waals surface area contributed by atoms with Crippen molar-refractivity contribution in [3.63, 3.8) is 0 Å². The summed E-state index contributed by atoms with van der Waals surface area (Å²) in [5, 5.41) is 3.00. The molecule has 1 N–H and O–H groups in total. The molecule has 1 aromatic carbocycles. The number of nitrogens with one attached hydrogen (secondary N) is 1. The van der Waals surface area contributed by atoms with Crippen molar-refractivity contribution in [2.45, 2.75) is 45.6 Å². The van der Waals surface area contributed by atoms with Gasteiger partial charge >= 0.3 is 0 Å². The van der Waals surface area contributed by atoms with Gasteiger partial charge in [0, 0.05) is 0 Å². The molecule has 0 aromatic heterocycles. The van der Waals surface area contributed by atoms with E-state index in [-0.39, 0.29) is 48.1 Å². The summed E-state index contributed by atoms with van der Waals surface area (Å²) in [4.78, 5) is 38.7. The summed E-state index contributed by atoms with van der Waals surface area (Å²) in [7, 11) is 0. The predicted octanol–water partition coefficient (Wildman–Crippen LogP) is 2.68. The lowest BCUT2D eigenvalue weighted by molar-refractivity contribution is -0.143. The van der Waals surface area contributed by atoms with Gasteiger partial charge in [-0.15, -0.1) is 0 Å². The SMILES string of the molecule is CC(C)[C@H](NC(=O)CN1C(=O)[C@H]2CCCC[C@@H]2C1=O)c1ccccc1. The second-order valence-corrected chi connectivity index (χ2v) is 7.46. The van der Waals surface area contributed by atoms with E-state index in [0.29, 0.717) is 0 Å².